The number of fused-ring (bicyclic) bond motifs is 1. The predicted molar refractivity (Wildman–Crippen MR) is 184 cm³/mol. The van der Waals surface area contributed by atoms with E-state index < -0.39 is 22.0 Å². The van der Waals surface area contributed by atoms with Crippen LogP contribution in [0.5, 0.6) is 5.75 Å². The fourth-order valence-electron chi connectivity index (χ4n) is 5.49. The highest BCUT2D eigenvalue weighted by Crippen LogP contribution is 2.29. The number of aliphatic hydroxyl groups excluding tert-OH is 1. The lowest BCUT2D eigenvalue weighted by atomic mass is 10.0. The van der Waals surface area contributed by atoms with Crippen LogP contribution in [0.4, 0.5) is 5.69 Å². The van der Waals surface area contributed by atoms with Crippen molar-refractivity contribution in [2.24, 2.45) is 5.92 Å². The summed E-state index contributed by atoms with van der Waals surface area (Å²) >= 11 is 0. The number of nitrogens with zero attached hydrogens (tertiary/aromatic N) is 3. The number of anilines is 1. The molecule has 12 heteroatoms. The molecular weight excluding hydrogens is 620 g/mol. The minimum atomic E-state index is -3.92. The quantitative estimate of drug-likeness (QED) is 0.359. The molecule has 47 heavy (non-hydrogen) atoms. The maximum Gasteiger partial charge on any atom is 0.261 e. The van der Waals surface area contributed by atoms with E-state index in [0.29, 0.717) is 25.3 Å². The topological polar surface area (TPSA) is 129 Å². The van der Waals surface area contributed by atoms with E-state index in [0.717, 1.165) is 37.8 Å². The minimum absolute atomic E-state index is 0.0410. The van der Waals surface area contributed by atoms with Crippen LogP contribution in [0.15, 0.2) is 47.4 Å². The van der Waals surface area contributed by atoms with Crippen molar-refractivity contribution in [3.05, 3.63) is 53.6 Å². The number of nitrogens with one attached hydrogen (secondary N) is 1. The number of aryl methyl sites for hydroxylation is 1. The third-order valence-corrected chi connectivity index (χ3v) is 9.91. The molecule has 1 aliphatic heterocycles. The Labute approximate surface area is 281 Å². The van der Waals surface area contributed by atoms with Crippen LogP contribution in [0.25, 0.3) is 0 Å². The summed E-state index contributed by atoms with van der Waals surface area (Å²) in [4.78, 5) is 32.7. The van der Waals surface area contributed by atoms with Crippen LogP contribution < -0.4 is 9.46 Å². The van der Waals surface area contributed by atoms with Crippen LogP contribution in [-0.4, -0.2) is 112 Å². The molecule has 4 atom stereocenters. The molecular formula is C35H54N4O7S. The van der Waals surface area contributed by atoms with Gasteiger partial charge in [0.05, 0.1) is 35.3 Å². The second kappa shape index (κ2) is 17.8. The largest absolute Gasteiger partial charge is 0.490 e. The zero-order valence-electron chi connectivity index (χ0n) is 29.1. The number of likely N-dealkylation sites (N-methyl/N-ethyl adjacent to an activating group) is 1. The van der Waals surface area contributed by atoms with Gasteiger partial charge in [0.15, 0.2) is 0 Å². The van der Waals surface area contributed by atoms with Gasteiger partial charge >= 0.3 is 0 Å². The van der Waals surface area contributed by atoms with Crippen LogP contribution in [0.2, 0.25) is 0 Å². The summed E-state index contributed by atoms with van der Waals surface area (Å²) in [6.07, 6.45) is 3.00. The molecule has 0 unspecified atom stereocenters. The van der Waals surface area contributed by atoms with Crippen LogP contribution in [0.3, 0.4) is 0 Å². The van der Waals surface area contributed by atoms with Crippen LogP contribution >= 0.6 is 0 Å². The van der Waals surface area contributed by atoms with Gasteiger partial charge in [-0.15, -0.1) is 0 Å². The van der Waals surface area contributed by atoms with E-state index >= 15 is 0 Å². The summed E-state index contributed by atoms with van der Waals surface area (Å²) in [7, 11) is 1.83. The lowest BCUT2D eigenvalue weighted by Gasteiger charge is -2.36. The molecule has 0 fully saturated rings. The predicted octanol–water partition coefficient (Wildman–Crippen LogP) is 4.39. The molecule has 1 heterocycles. The highest BCUT2D eigenvalue weighted by Gasteiger charge is 2.31. The number of hydrogen-bond acceptors (Lipinski definition) is 8. The average Bonchev–Trinajstić information content (AvgIpc) is 3.02. The van der Waals surface area contributed by atoms with Crippen molar-refractivity contribution in [3.8, 4) is 5.75 Å². The molecule has 0 aromatic heterocycles. The number of hydrogen-bond donors (Lipinski definition) is 2. The lowest BCUT2D eigenvalue weighted by Crippen LogP contribution is -2.48. The second-order valence-electron chi connectivity index (χ2n) is 13.1. The van der Waals surface area contributed by atoms with Gasteiger partial charge in [-0.25, -0.2) is 8.42 Å². The first-order valence-corrected chi connectivity index (χ1v) is 18.0. The van der Waals surface area contributed by atoms with Gasteiger partial charge in [0.2, 0.25) is 5.91 Å². The zero-order chi connectivity index (χ0) is 34.7. The van der Waals surface area contributed by atoms with Crippen molar-refractivity contribution >= 4 is 27.5 Å². The minimum Gasteiger partial charge on any atom is -0.490 e. The molecule has 2 aromatic rings. The highest BCUT2D eigenvalue weighted by molar-refractivity contribution is 7.92. The Hall–Kier alpha value is -3.19. The Balaban J connectivity index is 1.93. The number of carbonyl (C=O) groups is 2. The Morgan fingerprint density at radius 1 is 1.11 bits per heavy atom. The first-order valence-electron chi connectivity index (χ1n) is 16.5. The molecule has 11 nitrogen and oxygen atoms in total. The molecule has 2 N–H and O–H groups in total. The van der Waals surface area contributed by atoms with Crippen LogP contribution in [0.1, 0.15) is 68.8 Å². The summed E-state index contributed by atoms with van der Waals surface area (Å²) < 4.78 is 41.6. The second-order valence-corrected chi connectivity index (χ2v) is 14.8. The van der Waals surface area contributed by atoms with E-state index in [2.05, 4.69) is 9.62 Å². The van der Waals surface area contributed by atoms with Gasteiger partial charge in [0, 0.05) is 44.8 Å². The van der Waals surface area contributed by atoms with Gasteiger partial charge in [-0.1, -0.05) is 24.6 Å². The summed E-state index contributed by atoms with van der Waals surface area (Å²) in [6, 6.07) is 10.7. The number of aliphatic hydroxyl groups is 1. The average molecular weight is 675 g/mol. The van der Waals surface area contributed by atoms with Gasteiger partial charge in [-0.05, 0) is 97.4 Å². The summed E-state index contributed by atoms with van der Waals surface area (Å²) in [5.41, 5.74) is 1.34. The smallest absolute Gasteiger partial charge is 0.261 e. The first kappa shape index (κ1) is 38.3. The number of benzene rings is 2. The lowest BCUT2D eigenvalue weighted by molar-refractivity contribution is -0.132. The van der Waals surface area contributed by atoms with E-state index in [4.69, 9.17) is 9.47 Å². The van der Waals surface area contributed by atoms with Crippen molar-refractivity contribution < 1.29 is 32.6 Å². The third kappa shape index (κ3) is 11.5. The molecule has 0 bridgehead atoms. The Kier molecular flexibility index (Phi) is 14.5. The van der Waals surface area contributed by atoms with Gasteiger partial charge in [0.1, 0.15) is 5.75 Å². The van der Waals surface area contributed by atoms with Gasteiger partial charge in [0.25, 0.3) is 15.9 Å². The number of amides is 2. The molecule has 2 amide bonds. The SMILES string of the molecule is Cc1ccc(S(=O)(=O)Nc2ccc3c(c2)C(=O)N([C@@H](C)CO)C[C@@H](C)[C@H](CN(C)C(=O)CCCN(C)C)OCCCC[C@@H](C)O3)cc1. The molecule has 0 aliphatic carbocycles. The number of ether oxygens (including phenoxy) is 2. The monoisotopic (exact) mass is 674 g/mol. The molecule has 2 aromatic carbocycles. The van der Waals surface area contributed by atoms with Gasteiger partial charge in [-0.3, -0.25) is 14.3 Å². The van der Waals surface area contributed by atoms with Crippen LogP contribution in [-0.2, 0) is 19.6 Å². The van der Waals surface area contributed by atoms with Gasteiger partial charge < -0.3 is 29.3 Å². The normalized spacial score (nSPS) is 20.6. The highest BCUT2D eigenvalue weighted by atomic mass is 32.2. The molecule has 0 saturated carbocycles. The maximum absolute atomic E-state index is 14.3. The van der Waals surface area contributed by atoms with E-state index in [1.807, 2.05) is 34.9 Å². The van der Waals surface area contributed by atoms with Crippen molar-refractivity contribution in [2.75, 3.05) is 58.7 Å². The summed E-state index contributed by atoms with van der Waals surface area (Å²) in [6.45, 7) is 9.23. The molecule has 0 saturated heterocycles. The summed E-state index contributed by atoms with van der Waals surface area (Å²) in [5, 5.41) is 10.2. The van der Waals surface area contributed by atoms with E-state index in [9.17, 15) is 23.1 Å². The Bertz CT molecular complexity index is 1420. The van der Waals surface area contributed by atoms with E-state index in [-0.39, 0.29) is 53.3 Å². The molecule has 262 valence electrons. The maximum atomic E-state index is 14.3. The van der Waals surface area contributed by atoms with Gasteiger partial charge in [-0.2, -0.15) is 0 Å². The standard InChI is InChI=1S/C35H54N4O7S/c1-25-13-16-30(17-14-25)47(43,44)36-29-15-18-32-31(21-29)35(42)39(27(3)24-40)22-26(2)33(45-20-9-8-11-28(4)46-32)23-38(7)34(41)12-10-19-37(5)6/h13-18,21,26-28,33,36,40H,8-12,19-20,22-24H2,1-7H3/t26-,27+,28-,33+/m1/s1. The Morgan fingerprint density at radius 3 is 2.47 bits per heavy atom. The molecule has 0 radical (unpaired) electrons. The van der Waals surface area contributed by atoms with Crippen LogP contribution in [0, 0.1) is 12.8 Å². The molecule has 3 rings (SSSR count). The first-order chi connectivity index (χ1) is 22.2. The number of sulfonamides is 1. The number of carbonyl (C=O) groups excluding carboxylic acids is 2. The fourth-order valence-corrected chi connectivity index (χ4v) is 6.54. The summed E-state index contributed by atoms with van der Waals surface area (Å²) in [5.74, 6) is -0.212. The zero-order valence-corrected chi connectivity index (χ0v) is 29.9. The van der Waals surface area contributed by atoms with Crippen molar-refractivity contribution in [3.63, 3.8) is 0 Å². The van der Waals surface area contributed by atoms with E-state index in [1.165, 1.54) is 18.2 Å². The van der Waals surface area contributed by atoms with E-state index in [1.54, 1.807) is 48.0 Å². The van der Waals surface area contributed by atoms with Crippen molar-refractivity contribution in [1.29, 1.82) is 0 Å². The Morgan fingerprint density at radius 2 is 1.81 bits per heavy atom. The van der Waals surface area contributed by atoms with Crippen molar-refractivity contribution in [2.45, 2.75) is 82.9 Å². The van der Waals surface area contributed by atoms with Crippen molar-refractivity contribution in [1.82, 2.24) is 14.7 Å². The molecule has 1 aliphatic rings. The molecule has 0 spiro atoms. The number of rotatable bonds is 11. The fraction of sp³-hybridized carbons (Fsp3) is 0.600. The third-order valence-electron chi connectivity index (χ3n) is 8.51.